The summed E-state index contributed by atoms with van der Waals surface area (Å²) in [5.74, 6) is 1.39. The quantitative estimate of drug-likeness (QED) is 0.0719. The summed E-state index contributed by atoms with van der Waals surface area (Å²) in [5.41, 5.74) is 8.95. The van der Waals surface area contributed by atoms with E-state index in [0.717, 1.165) is 17.1 Å². The molecular formula is C42H51N5O6. The molecule has 0 spiro atoms. The van der Waals surface area contributed by atoms with Crippen LogP contribution in [0.4, 0.5) is 17.1 Å². The summed E-state index contributed by atoms with van der Waals surface area (Å²) in [6.45, 7) is 5.38. The van der Waals surface area contributed by atoms with Crippen LogP contribution in [0.25, 0.3) is 0 Å². The number of carbonyl (C=O) groups is 3. The van der Waals surface area contributed by atoms with E-state index in [-0.39, 0.29) is 42.8 Å². The fraction of sp³-hybridized carbons (Fsp3) is 0.357. The summed E-state index contributed by atoms with van der Waals surface area (Å²) in [5, 5.41) is 15.8. The van der Waals surface area contributed by atoms with E-state index >= 15 is 0 Å². The molecule has 1 heterocycles. The van der Waals surface area contributed by atoms with Crippen LogP contribution in [-0.4, -0.2) is 71.5 Å². The van der Waals surface area contributed by atoms with Crippen molar-refractivity contribution >= 4 is 34.8 Å². The third kappa shape index (κ3) is 11.3. The Hall–Kier alpha value is -5.39. The number of rotatable bonds is 16. The predicted molar refractivity (Wildman–Crippen MR) is 208 cm³/mol. The van der Waals surface area contributed by atoms with Crippen molar-refractivity contribution in [2.75, 3.05) is 43.1 Å². The lowest BCUT2D eigenvalue weighted by molar-refractivity contribution is -0.116. The molecule has 0 aromatic heterocycles. The highest BCUT2D eigenvalue weighted by Crippen LogP contribution is 2.31. The Balaban J connectivity index is 1.17. The molecule has 5 N–H and O–H groups in total. The van der Waals surface area contributed by atoms with Gasteiger partial charge in [0.05, 0.1) is 29.6 Å². The van der Waals surface area contributed by atoms with Crippen molar-refractivity contribution in [1.82, 2.24) is 9.80 Å². The van der Waals surface area contributed by atoms with Gasteiger partial charge in [-0.3, -0.25) is 19.3 Å². The predicted octanol–water partition coefficient (Wildman–Crippen LogP) is 6.94. The van der Waals surface area contributed by atoms with Crippen LogP contribution in [0.3, 0.4) is 0 Å². The number of likely N-dealkylation sites (N-methyl/N-ethyl adjacent to an activating group) is 1. The molecule has 0 saturated carbocycles. The van der Waals surface area contributed by atoms with Crippen molar-refractivity contribution in [3.8, 4) is 17.2 Å². The number of unbranched alkanes of at least 4 members (excludes halogenated alkanes) is 2. The monoisotopic (exact) mass is 721 g/mol. The topological polar surface area (TPSA) is 146 Å². The van der Waals surface area contributed by atoms with E-state index in [4.69, 9.17) is 15.2 Å². The second-order valence-electron chi connectivity index (χ2n) is 13.8. The van der Waals surface area contributed by atoms with Gasteiger partial charge in [-0.2, -0.15) is 0 Å². The minimum Gasteiger partial charge on any atom is -0.488 e. The van der Waals surface area contributed by atoms with Crippen molar-refractivity contribution in [3.63, 3.8) is 0 Å². The number of nitrogens with two attached hydrogens (primary N) is 1. The first-order chi connectivity index (χ1) is 25.6. The molecule has 0 fully saturated rings. The maximum absolute atomic E-state index is 13.9. The lowest BCUT2D eigenvalue weighted by Crippen LogP contribution is -2.49. The first kappa shape index (κ1) is 38.8. The Morgan fingerprint density at radius 3 is 2.28 bits per heavy atom. The van der Waals surface area contributed by atoms with Gasteiger partial charge in [0.1, 0.15) is 23.4 Å². The van der Waals surface area contributed by atoms with E-state index in [1.165, 1.54) is 0 Å². The van der Waals surface area contributed by atoms with Crippen LogP contribution in [0.1, 0.15) is 61.9 Å². The summed E-state index contributed by atoms with van der Waals surface area (Å²) in [6.07, 6.45) is 2.31. The molecule has 0 bridgehead atoms. The molecule has 0 unspecified atom stereocenters. The molecule has 4 aromatic carbocycles. The molecule has 3 atom stereocenters. The summed E-state index contributed by atoms with van der Waals surface area (Å²) < 4.78 is 12.5. The number of amides is 3. The number of aliphatic hydroxyl groups is 1. The zero-order valence-corrected chi connectivity index (χ0v) is 30.8. The normalized spacial score (nSPS) is 16.2. The zero-order chi connectivity index (χ0) is 37.7. The van der Waals surface area contributed by atoms with Crippen molar-refractivity contribution < 1.29 is 29.0 Å². The maximum atomic E-state index is 13.9. The van der Waals surface area contributed by atoms with Gasteiger partial charge in [-0.05, 0) is 87.0 Å². The van der Waals surface area contributed by atoms with Crippen molar-refractivity contribution in [1.29, 1.82) is 0 Å². The Bertz CT molecular complexity index is 1820. The minimum absolute atomic E-state index is 0.0351. The van der Waals surface area contributed by atoms with Crippen LogP contribution in [0.15, 0.2) is 97.1 Å². The van der Waals surface area contributed by atoms with Crippen LogP contribution >= 0.6 is 0 Å². The van der Waals surface area contributed by atoms with Gasteiger partial charge >= 0.3 is 0 Å². The van der Waals surface area contributed by atoms with Crippen LogP contribution in [-0.2, 0) is 16.1 Å². The van der Waals surface area contributed by atoms with E-state index in [0.29, 0.717) is 73.7 Å². The number of anilines is 3. The zero-order valence-electron chi connectivity index (χ0n) is 30.8. The molecule has 1 aliphatic rings. The number of hydrogen-bond acceptors (Lipinski definition) is 8. The van der Waals surface area contributed by atoms with Gasteiger partial charge in [0.25, 0.3) is 5.91 Å². The molecule has 0 saturated heterocycles. The van der Waals surface area contributed by atoms with Crippen molar-refractivity contribution in [2.45, 2.75) is 64.6 Å². The number of ether oxygens (including phenoxy) is 2. The molecule has 4 aromatic rings. The Labute approximate surface area is 312 Å². The highest BCUT2D eigenvalue weighted by Gasteiger charge is 2.33. The molecular weight excluding hydrogens is 670 g/mol. The number of hydrogen-bond donors (Lipinski definition) is 4. The Morgan fingerprint density at radius 2 is 1.58 bits per heavy atom. The van der Waals surface area contributed by atoms with E-state index in [2.05, 4.69) is 22.5 Å². The molecule has 1 aliphatic heterocycles. The van der Waals surface area contributed by atoms with Crippen LogP contribution in [0, 0.1) is 5.92 Å². The van der Waals surface area contributed by atoms with Gasteiger partial charge in [-0.1, -0.05) is 55.8 Å². The molecule has 5 rings (SSSR count). The Morgan fingerprint density at radius 1 is 0.925 bits per heavy atom. The Kier molecular flexibility index (Phi) is 13.9. The molecule has 0 radical (unpaired) electrons. The summed E-state index contributed by atoms with van der Waals surface area (Å²) in [7, 11) is 2.04. The maximum Gasteiger partial charge on any atom is 0.258 e. The average Bonchev–Trinajstić information content (AvgIpc) is 3.15. The van der Waals surface area contributed by atoms with E-state index < -0.39 is 6.04 Å². The van der Waals surface area contributed by atoms with Crippen LogP contribution < -0.4 is 25.8 Å². The van der Waals surface area contributed by atoms with E-state index in [9.17, 15) is 19.5 Å². The standard InChI is InChI=1S/C42H51N5O6/c1-29-25-47(30(2)28-48)42(51)35-24-32(44-40(49)16-8-5-9-17-41(50)45-37-15-11-10-14-36(37)43)20-23-38(35)53-39(29)27-46(3)26-31-18-21-34(22-19-31)52-33-12-6-4-7-13-33/h4,6-7,10-15,18-24,29-30,39,48H,5,8-9,16-17,25-28,43H2,1-3H3,(H,44,49)(H,45,50)/t29-,30+,39+/m0/s1. The third-order valence-corrected chi connectivity index (χ3v) is 9.34. The fourth-order valence-electron chi connectivity index (χ4n) is 6.28. The number of nitrogen functional groups attached to an aromatic ring is 1. The number of benzene rings is 4. The largest absolute Gasteiger partial charge is 0.488 e. The SMILES string of the molecule is C[C@H](CO)N1C[C@H](C)[C@@H](CN(C)Cc2ccc(Oc3ccccc3)cc2)Oc2ccc(NC(=O)CCCCCC(=O)Nc3ccccc3N)cc2C1=O. The van der Waals surface area contributed by atoms with Gasteiger partial charge in [-0.25, -0.2) is 0 Å². The lowest BCUT2D eigenvalue weighted by atomic mass is 9.99. The van der Waals surface area contributed by atoms with Crippen molar-refractivity contribution in [3.05, 3.63) is 108 Å². The molecule has 0 aliphatic carbocycles. The lowest BCUT2D eigenvalue weighted by Gasteiger charge is -2.38. The van der Waals surface area contributed by atoms with Gasteiger partial charge in [0.2, 0.25) is 11.8 Å². The summed E-state index contributed by atoms with van der Waals surface area (Å²) >= 11 is 0. The second kappa shape index (κ2) is 18.9. The third-order valence-electron chi connectivity index (χ3n) is 9.34. The highest BCUT2D eigenvalue weighted by atomic mass is 16.5. The molecule has 280 valence electrons. The number of fused-ring (bicyclic) bond motifs is 1. The number of carbonyl (C=O) groups excluding carboxylic acids is 3. The highest BCUT2D eigenvalue weighted by molar-refractivity contribution is 6.00. The average molecular weight is 722 g/mol. The second-order valence-corrected chi connectivity index (χ2v) is 13.8. The van der Waals surface area contributed by atoms with Gasteiger partial charge in [-0.15, -0.1) is 0 Å². The molecule has 11 heteroatoms. The van der Waals surface area contributed by atoms with E-state index in [1.807, 2.05) is 80.7 Å². The minimum atomic E-state index is -0.406. The summed E-state index contributed by atoms with van der Waals surface area (Å²) in [4.78, 5) is 42.9. The fourth-order valence-corrected chi connectivity index (χ4v) is 6.28. The summed E-state index contributed by atoms with van der Waals surface area (Å²) in [6, 6.07) is 29.5. The van der Waals surface area contributed by atoms with Crippen LogP contribution in [0.2, 0.25) is 0 Å². The number of nitrogens with one attached hydrogen (secondary N) is 2. The first-order valence-electron chi connectivity index (χ1n) is 18.3. The number of aliphatic hydroxyl groups excluding tert-OH is 1. The van der Waals surface area contributed by atoms with Gasteiger partial charge < -0.3 is 35.8 Å². The molecule has 53 heavy (non-hydrogen) atoms. The molecule has 3 amide bonds. The molecule has 11 nitrogen and oxygen atoms in total. The number of para-hydroxylation sites is 3. The van der Waals surface area contributed by atoms with Crippen LogP contribution in [0.5, 0.6) is 17.2 Å². The van der Waals surface area contributed by atoms with Crippen molar-refractivity contribution in [2.24, 2.45) is 5.92 Å². The van der Waals surface area contributed by atoms with E-state index in [1.54, 1.807) is 35.2 Å². The smallest absolute Gasteiger partial charge is 0.258 e. The van der Waals surface area contributed by atoms with Gasteiger partial charge in [0.15, 0.2) is 0 Å². The first-order valence-corrected chi connectivity index (χ1v) is 18.3. The number of nitrogens with zero attached hydrogens (tertiary/aromatic N) is 2. The van der Waals surface area contributed by atoms with Gasteiger partial charge in [0, 0.05) is 44.1 Å².